The van der Waals surface area contributed by atoms with Crippen molar-refractivity contribution in [2.75, 3.05) is 20.6 Å². The van der Waals surface area contributed by atoms with Crippen molar-refractivity contribution in [3.8, 4) is 0 Å². The standard InChI is InChI=1S/C16H23BrN4/c1-18-15(13-4-6-14(17)7-5-13)8-10-20(2)12-16-19-9-11-21(16)3/h4-7,9,11,15,18H,8,10,12H2,1-3H3. The maximum Gasteiger partial charge on any atom is 0.122 e. The van der Waals surface area contributed by atoms with E-state index in [1.165, 1.54) is 5.56 Å². The number of benzene rings is 1. The third-order valence-corrected chi connectivity index (χ3v) is 4.28. The molecule has 2 rings (SSSR count). The van der Waals surface area contributed by atoms with Gasteiger partial charge in [0.25, 0.3) is 0 Å². The number of nitrogens with one attached hydrogen (secondary N) is 1. The second kappa shape index (κ2) is 7.73. The quantitative estimate of drug-likeness (QED) is 0.833. The van der Waals surface area contributed by atoms with Gasteiger partial charge in [0.15, 0.2) is 0 Å². The van der Waals surface area contributed by atoms with E-state index in [9.17, 15) is 0 Å². The van der Waals surface area contributed by atoms with Crippen LogP contribution in [0.4, 0.5) is 0 Å². The number of nitrogens with zero attached hydrogens (tertiary/aromatic N) is 3. The van der Waals surface area contributed by atoms with Crippen molar-refractivity contribution in [3.05, 3.63) is 52.5 Å². The van der Waals surface area contributed by atoms with Gasteiger partial charge >= 0.3 is 0 Å². The molecule has 5 heteroatoms. The van der Waals surface area contributed by atoms with Gasteiger partial charge in [-0.25, -0.2) is 4.98 Å². The highest BCUT2D eigenvalue weighted by atomic mass is 79.9. The predicted octanol–water partition coefficient (Wildman–Crippen LogP) is 2.97. The van der Waals surface area contributed by atoms with Gasteiger partial charge < -0.3 is 9.88 Å². The summed E-state index contributed by atoms with van der Waals surface area (Å²) >= 11 is 3.48. The van der Waals surface area contributed by atoms with E-state index >= 15 is 0 Å². The van der Waals surface area contributed by atoms with Crippen LogP contribution in [0.25, 0.3) is 0 Å². The van der Waals surface area contributed by atoms with Crippen LogP contribution in [-0.4, -0.2) is 35.1 Å². The molecule has 1 atom stereocenters. The summed E-state index contributed by atoms with van der Waals surface area (Å²) in [5.41, 5.74) is 1.33. The summed E-state index contributed by atoms with van der Waals surface area (Å²) in [6.07, 6.45) is 4.90. The van der Waals surface area contributed by atoms with E-state index in [0.29, 0.717) is 6.04 Å². The van der Waals surface area contributed by atoms with Crippen molar-refractivity contribution in [3.63, 3.8) is 0 Å². The van der Waals surface area contributed by atoms with Crippen molar-refractivity contribution in [2.24, 2.45) is 7.05 Å². The van der Waals surface area contributed by atoms with E-state index in [1.54, 1.807) is 0 Å². The molecule has 0 saturated heterocycles. The van der Waals surface area contributed by atoms with Gasteiger partial charge in [-0.2, -0.15) is 0 Å². The van der Waals surface area contributed by atoms with Crippen LogP contribution >= 0.6 is 15.9 Å². The summed E-state index contributed by atoms with van der Waals surface area (Å²) in [5, 5.41) is 3.40. The molecule has 0 radical (unpaired) electrons. The van der Waals surface area contributed by atoms with Crippen LogP contribution in [0.15, 0.2) is 41.1 Å². The molecule has 0 saturated carbocycles. The second-order valence-corrected chi connectivity index (χ2v) is 6.29. The minimum Gasteiger partial charge on any atom is -0.337 e. The molecule has 1 aromatic carbocycles. The maximum atomic E-state index is 4.37. The molecule has 21 heavy (non-hydrogen) atoms. The molecule has 1 unspecified atom stereocenters. The first-order chi connectivity index (χ1) is 10.1. The monoisotopic (exact) mass is 350 g/mol. The summed E-state index contributed by atoms with van der Waals surface area (Å²) < 4.78 is 3.19. The lowest BCUT2D eigenvalue weighted by Gasteiger charge is -2.21. The molecule has 2 aromatic rings. The number of hydrogen-bond acceptors (Lipinski definition) is 3. The normalized spacial score (nSPS) is 12.8. The van der Waals surface area contributed by atoms with Crippen molar-refractivity contribution in [1.82, 2.24) is 19.8 Å². The van der Waals surface area contributed by atoms with Crippen molar-refractivity contribution >= 4 is 15.9 Å². The van der Waals surface area contributed by atoms with Gasteiger partial charge in [0, 0.05) is 36.5 Å². The molecule has 0 aliphatic rings. The van der Waals surface area contributed by atoms with Crippen LogP contribution in [0, 0.1) is 0 Å². The summed E-state index contributed by atoms with van der Waals surface area (Å²) in [4.78, 5) is 6.68. The van der Waals surface area contributed by atoms with Gasteiger partial charge in [-0.05, 0) is 38.2 Å². The fraction of sp³-hybridized carbons (Fsp3) is 0.438. The molecule has 1 N–H and O–H groups in total. The number of aryl methyl sites for hydroxylation is 1. The van der Waals surface area contributed by atoms with Crippen LogP contribution in [0.2, 0.25) is 0 Å². The average Bonchev–Trinajstić information content (AvgIpc) is 2.87. The molecule has 1 heterocycles. The van der Waals surface area contributed by atoms with Crippen LogP contribution in [-0.2, 0) is 13.6 Å². The summed E-state index contributed by atoms with van der Waals surface area (Å²) in [5.74, 6) is 1.10. The molecular formula is C16H23BrN4. The molecule has 0 fully saturated rings. The lowest BCUT2D eigenvalue weighted by Crippen LogP contribution is -2.26. The Kier molecular flexibility index (Phi) is 5.96. The van der Waals surface area contributed by atoms with E-state index in [0.717, 1.165) is 29.8 Å². The highest BCUT2D eigenvalue weighted by molar-refractivity contribution is 9.10. The Balaban J connectivity index is 1.88. The van der Waals surface area contributed by atoms with Crippen LogP contribution < -0.4 is 5.32 Å². The Morgan fingerprint density at radius 3 is 2.62 bits per heavy atom. The first kappa shape index (κ1) is 16.2. The number of aromatic nitrogens is 2. The topological polar surface area (TPSA) is 33.1 Å². The Morgan fingerprint density at radius 1 is 1.33 bits per heavy atom. The molecule has 0 amide bonds. The number of rotatable bonds is 7. The maximum absolute atomic E-state index is 4.37. The summed E-state index contributed by atoms with van der Waals surface area (Å²) in [6, 6.07) is 8.91. The lowest BCUT2D eigenvalue weighted by atomic mass is 10.0. The third kappa shape index (κ3) is 4.66. The largest absolute Gasteiger partial charge is 0.337 e. The molecule has 0 spiro atoms. The van der Waals surface area contributed by atoms with Gasteiger partial charge in [0.05, 0.1) is 6.54 Å². The summed E-state index contributed by atoms with van der Waals surface area (Å²) in [6.45, 7) is 1.90. The van der Waals surface area contributed by atoms with Crippen LogP contribution in [0.1, 0.15) is 23.9 Å². The zero-order valence-electron chi connectivity index (χ0n) is 12.9. The van der Waals surface area contributed by atoms with Crippen LogP contribution in [0.3, 0.4) is 0 Å². The molecule has 1 aromatic heterocycles. The Morgan fingerprint density at radius 2 is 2.05 bits per heavy atom. The SMILES string of the molecule is CNC(CCN(C)Cc1nccn1C)c1ccc(Br)cc1. The highest BCUT2D eigenvalue weighted by Gasteiger charge is 2.11. The first-order valence-corrected chi connectivity index (χ1v) is 7.97. The Bertz CT molecular complexity index is 550. The fourth-order valence-electron chi connectivity index (χ4n) is 2.39. The van der Waals surface area contributed by atoms with Crippen LogP contribution in [0.5, 0.6) is 0 Å². The van der Waals surface area contributed by atoms with Gasteiger partial charge in [-0.1, -0.05) is 28.1 Å². The molecule has 0 aliphatic carbocycles. The van der Waals surface area contributed by atoms with E-state index in [2.05, 4.69) is 67.0 Å². The molecule has 0 aliphatic heterocycles. The van der Waals surface area contributed by atoms with Gasteiger partial charge in [0.1, 0.15) is 5.82 Å². The number of imidazole rings is 1. The van der Waals surface area contributed by atoms with Crippen molar-refractivity contribution < 1.29 is 0 Å². The molecule has 0 bridgehead atoms. The highest BCUT2D eigenvalue weighted by Crippen LogP contribution is 2.19. The molecule has 114 valence electrons. The smallest absolute Gasteiger partial charge is 0.122 e. The van der Waals surface area contributed by atoms with E-state index in [-0.39, 0.29) is 0 Å². The predicted molar refractivity (Wildman–Crippen MR) is 90.1 cm³/mol. The van der Waals surface area contributed by atoms with Gasteiger partial charge in [-0.15, -0.1) is 0 Å². The third-order valence-electron chi connectivity index (χ3n) is 3.75. The molecular weight excluding hydrogens is 328 g/mol. The second-order valence-electron chi connectivity index (χ2n) is 5.37. The minimum absolute atomic E-state index is 0.377. The zero-order valence-corrected chi connectivity index (χ0v) is 14.5. The summed E-state index contributed by atoms with van der Waals surface area (Å²) in [7, 11) is 6.20. The number of halogens is 1. The van der Waals surface area contributed by atoms with E-state index < -0.39 is 0 Å². The Labute approximate surface area is 135 Å². The average molecular weight is 351 g/mol. The van der Waals surface area contributed by atoms with E-state index in [4.69, 9.17) is 0 Å². The lowest BCUT2D eigenvalue weighted by molar-refractivity contribution is 0.294. The fourth-order valence-corrected chi connectivity index (χ4v) is 2.66. The minimum atomic E-state index is 0.377. The van der Waals surface area contributed by atoms with Crippen molar-refractivity contribution in [1.29, 1.82) is 0 Å². The zero-order chi connectivity index (χ0) is 15.2. The Hall–Kier alpha value is -1.17. The first-order valence-electron chi connectivity index (χ1n) is 7.17. The molecule has 4 nitrogen and oxygen atoms in total. The van der Waals surface area contributed by atoms with Gasteiger partial charge in [-0.3, -0.25) is 4.90 Å². The van der Waals surface area contributed by atoms with Crippen molar-refractivity contribution in [2.45, 2.75) is 19.0 Å². The van der Waals surface area contributed by atoms with Gasteiger partial charge in [0.2, 0.25) is 0 Å². The number of hydrogen-bond donors (Lipinski definition) is 1. The van der Waals surface area contributed by atoms with E-state index in [1.807, 2.05) is 26.5 Å².